The minimum atomic E-state index is 0.385. The van der Waals surface area contributed by atoms with Gasteiger partial charge in [0.05, 0.1) is 13.2 Å². The zero-order chi connectivity index (χ0) is 13.0. The predicted molar refractivity (Wildman–Crippen MR) is 77.0 cm³/mol. The molecule has 1 N–H and O–H groups in total. The molecule has 0 bridgehead atoms. The monoisotopic (exact) mass is 313 g/mol. The summed E-state index contributed by atoms with van der Waals surface area (Å²) >= 11 is 3.46. The minimum absolute atomic E-state index is 0.385. The van der Waals surface area contributed by atoms with Gasteiger partial charge in [-0.2, -0.15) is 0 Å². The molecule has 5 heteroatoms. The second-order valence-electron chi connectivity index (χ2n) is 4.78. The molecule has 1 aliphatic rings. The first-order chi connectivity index (χ1) is 8.65. The molecule has 0 aromatic carbocycles. The van der Waals surface area contributed by atoms with Crippen molar-refractivity contribution in [1.29, 1.82) is 0 Å². The number of hydrogen-bond donors (Lipinski definition) is 1. The zero-order valence-electron chi connectivity index (χ0n) is 10.9. The summed E-state index contributed by atoms with van der Waals surface area (Å²) in [5.74, 6) is 0.941. The summed E-state index contributed by atoms with van der Waals surface area (Å²) in [7, 11) is 0. The van der Waals surface area contributed by atoms with E-state index in [9.17, 15) is 0 Å². The largest absolute Gasteiger partial charge is 0.379 e. The first-order valence-electron chi connectivity index (χ1n) is 6.34. The number of aryl methyl sites for hydroxylation is 1. The van der Waals surface area contributed by atoms with E-state index >= 15 is 0 Å². The molecule has 0 amide bonds. The summed E-state index contributed by atoms with van der Waals surface area (Å²) in [6.45, 7) is 9.04. The van der Waals surface area contributed by atoms with Gasteiger partial charge < -0.3 is 10.1 Å². The van der Waals surface area contributed by atoms with Crippen LogP contribution in [0.3, 0.4) is 0 Å². The molecule has 2 heterocycles. The van der Waals surface area contributed by atoms with Crippen LogP contribution < -0.4 is 5.32 Å². The van der Waals surface area contributed by atoms with Crippen LogP contribution in [-0.2, 0) is 4.74 Å². The van der Waals surface area contributed by atoms with Crippen molar-refractivity contribution in [3.63, 3.8) is 0 Å². The SMILES string of the molecule is Cc1cc(N[C@H](C)CN2CCOCC2)ncc1Br. The number of halogens is 1. The average Bonchev–Trinajstić information content (AvgIpc) is 2.35. The number of nitrogens with one attached hydrogen (secondary N) is 1. The van der Waals surface area contributed by atoms with Crippen LogP contribution in [0.5, 0.6) is 0 Å². The molecule has 1 aliphatic heterocycles. The van der Waals surface area contributed by atoms with E-state index in [-0.39, 0.29) is 0 Å². The molecule has 100 valence electrons. The van der Waals surface area contributed by atoms with E-state index in [1.54, 1.807) is 0 Å². The van der Waals surface area contributed by atoms with E-state index < -0.39 is 0 Å². The third kappa shape index (κ3) is 3.93. The summed E-state index contributed by atoms with van der Waals surface area (Å²) in [6.07, 6.45) is 1.85. The van der Waals surface area contributed by atoms with E-state index in [1.807, 2.05) is 6.20 Å². The molecule has 1 aromatic rings. The lowest BCUT2D eigenvalue weighted by Crippen LogP contribution is -2.42. The van der Waals surface area contributed by atoms with Gasteiger partial charge >= 0.3 is 0 Å². The molecule has 4 nitrogen and oxygen atoms in total. The second-order valence-corrected chi connectivity index (χ2v) is 5.63. The van der Waals surface area contributed by atoms with Crippen molar-refractivity contribution >= 4 is 21.7 Å². The van der Waals surface area contributed by atoms with Gasteiger partial charge in [0.15, 0.2) is 0 Å². The van der Waals surface area contributed by atoms with Crippen molar-refractivity contribution in [2.45, 2.75) is 19.9 Å². The number of aromatic nitrogens is 1. The highest BCUT2D eigenvalue weighted by Gasteiger charge is 2.13. The van der Waals surface area contributed by atoms with Crippen LogP contribution in [0, 0.1) is 6.92 Å². The van der Waals surface area contributed by atoms with Crippen molar-refractivity contribution < 1.29 is 4.74 Å². The number of pyridine rings is 1. The Morgan fingerprint density at radius 3 is 2.89 bits per heavy atom. The van der Waals surface area contributed by atoms with Crippen LogP contribution in [0.25, 0.3) is 0 Å². The maximum absolute atomic E-state index is 5.35. The van der Waals surface area contributed by atoms with Gasteiger partial charge in [-0.15, -0.1) is 0 Å². The van der Waals surface area contributed by atoms with Crippen LogP contribution >= 0.6 is 15.9 Å². The molecule has 0 radical (unpaired) electrons. The summed E-state index contributed by atoms with van der Waals surface area (Å²) in [5.41, 5.74) is 1.20. The van der Waals surface area contributed by atoms with Crippen molar-refractivity contribution in [3.8, 4) is 0 Å². The third-order valence-corrected chi connectivity index (χ3v) is 3.91. The normalized spacial score (nSPS) is 18.6. The molecule has 0 aliphatic carbocycles. The van der Waals surface area contributed by atoms with Gasteiger partial charge in [0.1, 0.15) is 5.82 Å². The molecule has 0 spiro atoms. The van der Waals surface area contributed by atoms with Gasteiger partial charge in [-0.3, -0.25) is 4.90 Å². The highest BCUT2D eigenvalue weighted by atomic mass is 79.9. The van der Waals surface area contributed by atoms with Crippen molar-refractivity contribution in [3.05, 3.63) is 22.3 Å². The molecular formula is C13H20BrN3O. The summed E-state index contributed by atoms with van der Waals surface area (Å²) in [6, 6.07) is 2.45. The van der Waals surface area contributed by atoms with Crippen molar-refractivity contribution in [2.75, 3.05) is 38.2 Å². The Labute approximate surface area is 117 Å². The van der Waals surface area contributed by atoms with Crippen LogP contribution in [-0.4, -0.2) is 48.8 Å². The zero-order valence-corrected chi connectivity index (χ0v) is 12.5. The standard InChI is InChI=1S/C13H20BrN3O/c1-10-7-13(15-8-12(10)14)16-11(2)9-17-3-5-18-6-4-17/h7-8,11H,3-6,9H2,1-2H3,(H,15,16)/t11-/m1/s1. The fraction of sp³-hybridized carbons (Fsp3) is 0.615. The van der Waals surface area contributed by atoms with Gasteiger partial charge in [0, 0.05) is 36.3 Å². The Hall–Kier alpha value is -0.650. The van der Waals surface area contributed by atoms with Gasteiger partial charge in [0.2, 0.25) is 0 Å². The van der Waals surface area contributed by atoms with Crippen LogP contribution in [0.2, 0.25) is 0 Å². The Kier molecular flexibility index (Phi) is 4.97. The molecule has 0 saturated carbocycles. The molecule has 2 rings (SSSR count). The number of hydrogen-bond acceptors (Lipinski definition) is 4. The first-order valence-corrected chi connectivity index (χ1v) is 7.13. The fourth-order valence-corrected chi connectivity index (χ4v) is 2.30. The Morgan fingerprint density at radius 1 is 1.50 bits per heavy atom. The number of rotatable bonds is 4. The van der Waals surface area contributed by atoms with Gasteiger partial charge in [-0.25, -0.2) is 4.98 Å². The van der Waals surface area contributed by atoms with Gasteiger partial charge in [-0.05, 0) is 41.4 Å². The molecule has 1 saturated heterocycles. The topological polar surface area (TPSA) is 37.4 Å². The average molecular weight is 314 g/mol. The van der Waals surface area contributed by atoms with Gasteiger partial charge in [0.25, 0.3) is 0 Å². The van der Waals surface area contributed by atoms with Crippen LogP contribution in [0.1, 0.15) is 12.5 Å². The number of nitrogens with zero attached hydrogens (tertiary/aromatic N) is 2. The van der Waals surface area contributed by atoms with Crippen molar-refractivity contribution in [2.24, 2.45) is 0 Å². The molecular weight excluding hydrogens is 294 g/mol. The minimum Gasteiger partial charge on any atom is -0.379 e. The number of ether oxygens (including phenoxy) is 1. The smallest absolute Gasteiger partial charge is 0.126 e. The highest BCUT2D eigenvalue weighted by Crippen LogP contribution is 2.17. The quantitative estimate of drug-likeness (QED) is 0.925. The molecule has 0 unspecified atom stereocenters. The predicted octanol–water partition coefficient (Wildman–Crippen LogP) is 2.29. The van der Waals surface area contributed by atoms with E-state index in [0.29, 0.717) is 6.04 Å². The molecule has 1 aromatic heterocycles. The maximum atomic E-state index is 5.35. The fourth-order valence-electron chi connectivity index (χ4n) is 2.09. The van der Waals surface area contributed by atoms with Crippen molar-refractivity contribution in [1.82, 2.24) is 9.88 Å². The second kappa shape index (κ2) is 6.50. The number of anilines is 1. The maximum Gasteiger partial charge on any atom is 0.126 e. The summed E-state index contributed by atoms with van der Waals surface area (Å²) in [4.78, 5) is 6.79. The first kappa shape index (κ1) is 13.8. The Bertz CT molecular complexity index is 394. The number of morpholine rings is 1. The van der Waals surface area contributed by atoms with Crippen LogP contribution in [0.4, 0.5) is 5.82 Å². The highest BCUT2D eigenvalue weighted by molar-refractivity contribution is 9.10. The third-order valence-electron chi connectivity index (χ3n) is 3.08. The lowest BCUT2D eigenvalue weighted by atomic mass is 10.2. The summed E-state index contributed by atoms with van der Waals surface area (Å²) in [5, 5.41) is 3.44. The summed E-state index contributed by atoms with van der Waals surface area (Å²) < 4.78 is 6.40. The van der Waals surface area contributed by atoms with Gasteiger partial charge in [-0.1, -0.05) is 0 Å². The van der Waals surface area contributed by atoms with E-state index in [4.69, 9.17) is 4.74 Å². The van der Waals surface area contributed by atoms with E-state index in [1.165, 1.54) is 5.56 Å². The lowest BCUT2D eigenvalue weighted by Gasteiger charge is -2.29. The molecule has 1 atom stereocenters. The molecule has 18 heavy (non-hydrogen) atoms. The Morgan fingerprint density at radius 2 is 2.22 bits per heavy atom. The van der Waals surface area contributed by atoms with Crippen LogP contribution in [0.15, 0.2) is 16.7 Å². The van der Waals surface area contributed by atoms with E-state index in [0.717, 1.165) is 43.1 Å². The lowest BCUT2D eigenvalue weighted by molar-refractivity contribution is 0.0368. The Balaban J connectivity index is 1.85. The molecule has 1 fully saturated rings. The van der Waals surface area contributed by atoms with E-state index in [2.05, 4.69) is 51.0 Å².